The van der Waals surface area contributed by atoms with Crippen molar-refractivity contribution in [3.05, 3.63) is 42.5 Å². The Hall–Kier alpha value is -1.81. The van der Waals surface area contributed by atoms with Gasteiger partial charge in [-0.15, -0.1) is 6.58 Å². The highest BCUT2D eigenvalue weighted by atomic mass is 16.3. The van der Waals surface area contributed by atoms with Crippen LogP contribution in [-0.4, -0.2) is 30.6 Å². The number of carbonyl (C=O) groups excluding carboxylic acids is 1. The lowest BCUT2D eigenvalue weighted by Crippen LogP contribution is -2.34. The van der Waals surface area contributed by atoms with Crippen molar-refractivity contribution in [2.75, 3.05) is 19.6 Å². The van der Waals surface area contributed by atoms with Crippen LogP contribution in [-0.2, 0) is 11.2 Å². The van der Waals surface area contributed by atoms with E-state index >= 15 is 0 Å². The molecule has 0 unspecified atom stereocenters. The van der Waals surface area contributed by atoms with Crippen molar-refractivity contribution >= 4 is 5.91 Å². The summed E-state index contributed by atoms with van der Waals surface area (Å²) >= 11 is 0. The zero-order valence-corrected chi connectivity index (χ0v) is 9.78. The number of aromatic hydroxyl groups is 1. The second-order valence-electron chi connectivity index (χ2n) is 3.69. The molecule has 0 radical (unpaired) electrons. The maximum absolute atomic E-state index is 11.3. The first-order valence-electron chi connectivity index (χ1n) is 5.58. The number of carbonyl (C=O) groups is 1. The molecule has 17 heavy (non-hydrogen) atoms. The Bertz CT molecular complexity index is 360. The molecule has 1 amide bonds. The Morgan fingerprint density at radius 2 is 2.06 bits per heavy atom. The first-order chi connectivity index (χ1) is 8.22. The number of hydrogen-bond acceptors (Lipinski definition) is 3. The van der Waals surface area contributed by atoms with Crippen LogP contribution in [0.2, 0.25) is 0 Å². The van der Waals surface area contributed by atoms with Crippen LogP contribution in [0.3, 0.4) is 0 Å². The van der Waals surface area contributed by atoms with Gasteiger partial charge in [0.25, 0.3) is 0 Å². The van der Waals surface area contributed by atoms with Crippen LogP contribution in [0.4, 0.5) is 0 Å². The van der Waals surface area contributed by atoms with Gasteiger partial charge in [0.05, 0.1) is 6.54 Å². The summed E-state index contributed by atoms with van der Waals surface area (Å²) in [6, 6.07) is 6.97. The number of phenols is 1. The normalized spacial score (nSPS) is 9.88. The fraction of sp³-hybridized carbons (Fsp3) is 0.308. The van der Waals surface area contributed by atoms with Crippen LogP contribution in [0.15, 0.2) is 36.9 Å². The van der Waals surface area contributed by atoms with Gasteiger partial charge < -0.3 is 15.7 Å². The lowest BCUT2D eigenvalue weighted by atomic mass is 10.1. The monoisotopic (exact) mass is 234 g/mol. The van der Waals surface area contributed by atoms with Gasteiger partial charge >= 0.3 is 0 Å². The maximum atomic E-state index is 11.3. The molecule has 0 aliphatic heterocycles. The summed E-state index contributed by atoms with van der Waals surface area (Å²) in [6.07, 6.45) is 2.47. The van der Waals surface area contributed by atoms with Gasteiger partial charge in [-0.25, -0.2) is 0 Å². The van der Waals surface area contributed by atoms with Gasteiger partial charge in [-0.1, -0.05) is 18.2 Å². The van der Waals surface area contributed by atoms with Crippen LogP contribution in [0, 0.1) is 0 Å². The van der Waals surface area contributed by atoms with Crippen LogP contribution < -0.4 is 10.6 Å². The third-order valence-corrected chi connectivity index (χ3v) is 2.25. The van der Waals surface area contributed by atoms with E-state index in [2.05, 4.69) is 17.2 Å². The quantitative estimate of drug-likeness (QED) is 0.483. The van der Waals surface area contributed by atoms with E-state index in [-0.39, 0.29) is 11.7 Å². The van der Waals surface area contributed by atoms with Gasteiger partial charge in [-0.3, -0.25) is 4.79 Å². The first kappa shape index (κ1) is 13.3. The van der Waals surface area contributed by atoms with Crippen molar-refractivity contribution in [1.29, 1.82) is 0 Å². The van der Waals surface area contributed by atoms with Crippen molar-refractivity contribution in [3.63, 3.8) is 0 Å². The predicted molar refractivity (Wildman–Crippen MR) is 67.9 cm³/mol. The first-order valence-corrected chi connectivity index (χ1v) is 5.58. The Labute approximate surface area is 101 Å². The molecule has 0 bridgehead atoms. The fourth-order valence-electron chi connectivity index (χ4n) is 1.36. The molecule has 1 rings (SSSR count). The molecule has 0 fully saturated rings. The van der Waals surface area contributed by atoms with Crippen molar-refractivity contribution < 1.29 is 9.90 Å². The molecule has 4 nitrogen and oxygen atoms in total. The molecule has 0 aliphatic rings. The summed E-state index contributed by atoms with van der Waals surface area (Å²) in [5, 5.41) is 14.8. The zero-order chi connectivity index (χ0) is 12.5. The van der Waals surface area contributed by atoms with E-state index in [1.165, 1.54) is 0 Å². The summed E-state index contributed by atoms with van der Waals surface area (Å²) < 4.78 is 0. The topological polar surface area (TPSA) is 61.4 Å². The van der Waals surface area contributed by atoms with Gasteiger partial charge in [-0.05, 0) is 24.1 Å². The molecule has 0 aromatic heterocycles. The van der Waals surface area contributed by atoms with Crippen molar-refractivity contribution in [2.45, 2.75) is 6.42 Å². The second-order valence-corrected chi connectivity index (χ2v) is 3.69. The Morgan fingerprint density at radius 3 is 2.71 bits per heavy atom. The van der Waals surface area contributed by atoms with Crippen LogP contribution >= 0.6 is 0 Å². The standard InChI is InChI=1S/C13H18N2O2/c1-2-8-14-10-13(17)15-9-7-11-3-5-12(16)6-4-11/h2-6,14,16H,1,7-10H2,(H,15,17). The minimum absolute atomic E-state index is 0.0226. The minimum Gasteiger partial charge on any atom is -0.508 e. The number of nitrogens with one attached hydrogen (secondary N) is 2. The number of amides is 1. The lowest BCUT2D eigenvalue weighted by molar-refractivity contribution is -0.120. The molecular formula is C13H18N2O2. The van der Waals surface area contributed by atoms with Gasteiger partial charge in [0.2, 0.25) is 5.91 Å². The fourth-order valence-corrected chi connectivity index (χ4v) is 1.36. The van der Waals surface area contributed by atoms with Gasteiger partial charge in [0.1, 0.15) is 5.75 Å². The number of phenolic OH excluding ortho intramolecular Hbond substituents is 1. The van der Waals surface area contributed by atoms with E-state index in [4.69, 9.17) is 5.11 Å². The molecule has 0 aliphatic carbocycles. The summed E-state index contributed by atoms with van der Waals surface area (Å²) in [4.78, 5) is 11.3. The van der Waals surface area contributed by atoms with Gasteiger partial charge in [0.15, 0.2) is 0 Å². The molecule has 1 aromatic carbocycles. The van der Waals surface area contributed by atoms with E-state index in [9.17, 15) is 4.79 Å². The van der Waals surface area contributed by atoms with E-state index in [1.54, 1.807) is 18.2 Å². The SMILES string of the molecule is C=CCNCC(=O)NCCc1ccc(O)cc1. The molecule has 0 saturated heterocycles. The third-order valence-electron chi connectivity index (χ3n) is 2.25. The Morgan fingerprint density at radius 1 is 1.35 bits per heavy atom. The third kappa shape index (κ3) is 5.73. The largest absolute Gasteiger partial charge is 0.508 e. The Kier molecular flexibility index (Phi) is 5.82. The van der Waals surface area contributed by atoms with E-state index in [0.29, 0.717) is 19.6 Å². The molecule has 0 heterocycles. The predicted octanol–water partition coefficient (Wildman–Crippen LogP) is 0.826. The molecule has 0 atom stereocenters. The highest BCUT2D eigenvalue weighted by molar-refractivity contribution is 5.77. The number of rotatable bonds is 7. The van der Waals surface area contributed by atoms with Crippen molar-refractivity contribution in [2.24, 2.45) is 0 Å². The average molecular weight is 234 g/mol. The lowest BCUT2D eigenvalue weighted by Gasteiger charge is -2.05. The van der Waals surface area contributed by atoms with E-state index < -0.39 is 0 Å². The smallest absolute Gasteiger partial charge is 0.233 e. The second kappa shape index (κ2) is 7.46. The summed E-state index contributed by atoms with van der Waals surface area (Å²) in [5.74, 6) is 0.233. The molecule has 1 aromatic rings. The van der Waals surface area contributed by atoms with Crippen LogP contribution in [0.5, 0.6) is 5.75 Å². The summed E-state index contributed by atoms with van der Waals surface area (Å²) in [7, 11) is 0. The molecule has 0 spiro atoms. The molecular weight excluding hydrogens is 216 g/mol. The minimum atomic E-state index is -0.0226. The van der Waals surface area contributed by atoms with E-state index in [0.717, 1.165) is 12.0 Å². The average Bonchev–Trinajstić information content (AvgIpc) is 2.32. The molecule has 4 heteroatoms. The van der Waals surface area contributed by atoms with E-state index in [1.807, 2.05) is 12.1 Å². The van der Waals surface area contributed by atoms with Crippen molar-refractivity contribution in [3.8, 4) is 5.75 Å². The summed E-state index contributed by atoms with van der Waals surface area (Å²) in [6.45, 7) is 5.09. The van der Waals surface area contributed by atoms with Crippen LogP contribution in [0.1, 0.15) is 5.56 Å². The number of hydrogen-bond donors (Lipinski definition) is 3. The molecule has 3 N–H and O–H groups in total. The Balaban J connectivity index is 2.16. The van der Waals surface area contributed by atoms with Gasteiger partial charge in [0, 0.05) is 13.1 Å². The highest BCUT2D eigenvalue weighted by Crippen LogP contribution is 2.09. The highest BCUT2D eigenvalue weighted by Gasteiger charge is 1.99. The summed E-state index contributed by atoms with van der Waals surface area (Å²) in [5.41, 5.74) is 1.09. The molecule has 92 valence electrons. The van der Waals surface area contributed by atoms with Crippen molar-refractivity contribution in [1.82, 2.24) is 10.6 Å². The van der Waals surface area contributed by atoms with Gasteiger partial charge in [-0.2, -0.15) is 0 Å². The molecule has 0 saturated carbocycles. The van der Waals surface area contributed by atoms with Crippen LogP contribution in [0.25, 0.3) is 0 Å². The zero-order valence-electron chi connectivity index (χ0n) is 9.78. The maximum Gasteiger partial charge on any atom is 0.233 e. The number of benzene rings is 1.